The molecule has 2 aliphatic heterocycles. The van der Waals surface area contributed by atoms with E-state index in [1.54, 1.807) is 7.11 Å². The number of rotatable bonds is 5. The van der Waals surface area contributed by atoms with Gasteiger partial charge in [-0.25, -0.2) is 0 Å². The van der Waals surface area contributed by atoms with E-state index in [0.717, 1.165) is 18.2 Å². The first kappa shape index (κ1) is 19.0. The van der Waals surface area contributed by atoms with Crippen LogP contribution in [0.3, 0.4) is 0 Å². The average Bonchev–Trinajstić information content (AvgIpc) is 2.63. The Bertz CT molecular complexity index is 552. The molecule has 0 aliphatic carbocycles. The van der Waals surface area contributed by atoms with Crippen molar-refractivity contribution in [2.75, 3.05) is 53.4 Å². The Morgan fingerprint density at radius 1 is 1.12 bits per heavy atom. The first-order valence-electron chi connectivity index (χ1n) is 9.54. The summed E-state index contributed by atoms with van der Waals surface area (Å²) in [5, 5.41) is 0.707. The molecule has 1 aromatic rings. The number of likely N-dealkylation sites (tertiary alicyclic amines) is 1. The Balaban J connectivity index is 1.47. The second-order valence-corrected chi connectivity index (χ2v) is 8.07. The highest BCUT2D eigenvalue weighted by Gasteiger charge is 2.29. The van der Waals surface area contributed by atoms with Crippen LogP contribution in [0.25, 0.3) is 0 Å². The Labute approximate surface area is 157 Å². The number of likely N-dealkylation sites (N-methyl/N-ethyl adjacent to an activating group) is 1. The first-order chi connectivity index (χ1) is 12.1. The van der Waals surface area contributed by atoms with Crippen LogP contribution in [-0.4, -0.2) is 74.2 Å². The predicted octanol–water partition coefficient (Wildman–Crippen LogP) is 3.20. The maximum atomic E-state index is 6.26. The van der Waals surface area contributed by atoms with Gasteiger partial charge >= 0.3 is 0 Å². The third-order valence-electron chi connectivity index (χ3n) is 6.05. The number of piperidine rings is 1. The van der Waals surface area contributed by atoms with Crippen LogP contribution in [0.15, 0.2) is 18.2 Å². The third kappa shape index (κ3) is 4.88. The lowest BCUT2D eigenvalue weighted by Crippen LogP contribution is -2.51. The van der Waals surface area contributed by atoms with Gasteiger partial charge in [-0.2, -0.15) is 0 Å². The molecule has 2 saturated heterocycles. The van der Waals surface area contributed by atoms with Gasteiger partial charge in [-0.15, -0.1) is 0 Å². The maximum Gasteiger partial charge on any atom is 0.137 e. The summed E-state index contributed by atoms with van der Waals surface area (Å²) in [4.78, 5) is 7.70. The lowest BCUT2D eigenvalue weighted by atomic mass is 9.89. The Hall–Kier alpha value is -0.810. The number of piperazine rings is 1. The SMILES string of the molecule is COc1ccc(CN2CCC(C(C)N3CCN(C)CC3)CC2)cc1Cl. The second kappa shape index (κ2) is 8.72. The molecule has 0 N–H and O–H groups in total. The molecule has 1 atom stereocenters. The number of nitrogens with zero attached hydrogens (tertiary/aromatic N) is 3. The first-order valence-corrected chi connectivity index (χ1v) is 9.92. The second-order valence-electron chi connectivity index (χ2n) is 7.66. The van der Waals surface area contributed by atoms with Crippen LogP contribution in [-0.2, 0) is 6.54 Å². The van der Waals surface area contributed by atoms with Gasteiger partial charge in [-0.1, -0.05) is 17.7 Å². The van der Waals surface area contributed by atoms with Crippen molar-refractivity contribution in [3.8, 4) is 5.75 Å². The molecule has 0 radical (unpaired) electrons. The zero-order valence-corrected chi connectivity index (χ0v) is 16.6. The average molecular weight is 366 g/mol. The summed E-state index contributed by atoms with van der Waals surface area (Å²) in [7, 11) is 3.89. The number of ether oxygens (including phenoxy) is 1. The van der Waals surface area contributed by atoms with Crippen LogP contribution in [0.4, 0.5) is 0 Å². The van der Waals surface area contributed by atoms with Crippen molar-refractivity contribution in [1.29, 1.82) is 0 Å². The molecule has 3 rings (SSSR count). The van der Waals surface area contributed by atoms with Gasteiger partial charge in [0.2, 0.25) is 0 Å². The summed E-state index contributed by atoms with van der Waals surface area (Å²) in [6.07, 6.45) is 2.61. The summed E-state index contributed by atoms with van der Waals surface area (Å²) in [5.41, 5.74) is 1.27. The van der Waals surface area contributed by atoms with E-state index in [4.69, 9.17) is 16.3 Å². The fourth-order valence-electron chi connectivity index (χ4n) is 4.19. The molecule has 0 spiro atoms. The lowest BCUT2D eigenvalue weighted by molar-refractivity contribution is 0.0598. The molecular formula is C20H32ClN3O. The van der Waals surface area contributed by atoms with E-state index in [-0.39, 0.29) is 0 Å². The number of methoxy groups -OCH3 is 1. The third-order valence-corrected chi connectivity index (χ3v) is 6.35. The Kier molecular flexibility index (Phi) is 6.61. The van der Waals surface area contributed by atoms with Crippen LogP contribution >= 0.6 is 11.6 Å². The molecule has 0 amide bonds. The number of hydrogen-bond donors (Lipinski definition) is 0. The summed E-state index contributed by atoms with van der Waals surface area (Å²) in [6.45, 7) is 10.7. The van der Waals surface area contributed by atoms with E-state index in [1.807, 2.05) is 12.1 Å². The van der Waals surface area contributed by atoms with Gasteiger partial charge in [0.05, 0.1) is 12.1 Å². The standard InChI is InChI=1S/C20H32ClN3O/c1-16(24-12-10-22(2)11-13-24)18-6-8-23(9-7-18)15-17-4-5-20(25-3)19(21)14-17/h4-5,14,16,18H,6-13,15H2,1-3H3. The van der Waals surface area contributed by atoms with Gasteiger partial charge in [0.25, 0.3) is 0 Å². The smallest absolute Gasteiger partial charge is 0.137 e. The van der Waals surface area contributed by atoms with Crippen molar-refractivity contribution in [1.82, 2.24) is 14.7 Å². The molecule has 0 saturated carbocycles. The van der Waals surface area contributed by atoms with Gasteiger partial charge in [0.1, 0.15) is 5.75 Å². The van der Waals surface area contributed by atoms with Gasteiger partial charge in [0, 0.05) is 38.8 Å². The van der Waals surface area contributed by atoms with Crippen molar-refractivity contribution in [2.24, 2.45) is 5.92 Å². The summed E-state index contributed by atoms with van der Waals surface area (Å²) in [5.74, 6) is 1.59. The van der Waals surface area contributed by atoms with Crippen LogP contribution in [0.5, 0.6) is 5.75 Å². The zero-order chi connectivity index (χ0) is 17.8. The van der Waals surface area contributed by atoms with Crippen molar-refractivity contribution < 1.29 is 4.74 Å². The van der Waals surface area contributed by atoms with Crippen molar-refractivity contribution >= 4 is 11.6 Å². The van der Waals surface area contributed by atoms with E-state index >= 15 is 0 Å². The van der Waals surface area contributed by atoms with Crippen LogP contribution in [0, 0.1) is 5.92 Å². The highest BCUT2D eigenvalue weighted by atomic mass is 35.5. The van der Waals surface area contributed by atoms with Crippen LogP contribution in [0.2, 0.25) is 5.02 Å². The molecule has 2 aliphatic rings. The number of halogens is 1. The van der Waals surface area contributed by atoms with E-state index < -0.39 is 0 Å². The fourth-order valence-corrected chi connectivity index (χ4v) is 4.47. The molecule has 5 heteroatoms. The van der Waals surface area contributed by atoms with Gasteiger partial charge in [0.15, 0.2) is 0 Å². The Morgan fingerprint density at radius 2 is 1.80 bits per heavy atom. The fraction of sp³-hybridized carbons (Fsp3) is 0.700. The molecule has 0 bridgehead atoms. The van der Waals surface area contributed by atoms with E-state index in [0.29, 0.717) is 11.1 Å². The maximum absolute atomic E-state index is 6.26. The minimum atomic E-state index is 0.707. The molecular weight excluding hydrogens is 334 g/mol. The lowest BCUT2D eigenvalue weighted by Gasteiger charge is -2.42. The van der Waals surface area contributed by atoms with Crippen molar-refractivity contribution in [3.63, 3.8) is 0 Å². The van der Waals surface area contributed by atoms with Crippen molar-refractivity contribution in [3.05, 3.63) is 28.8 Å². The summed E-state index contributed by atoms with van der Waals surface area (Å²) < 4.78 is 5.24. The molecule has 140 valence electrons. The normalized spacial score (nSPS) is 22.9. The van der Waals surface area contributed by atoms with Crippen LogP contribution in [0.1, 0.15) is 25.3 Å². The number of hydrogen-bond acceptors (Lipinski definition) is 4. The molecule has 25 heavy (non-hydrogen) atoms. The topological polar surface area (TPSA) is 19.0 Å². The minimum Gasteiger partial charge on any atom is -0.495 e. The van der Waals surface area contributed by atoms with Gasteiger partial charge in [-0.3, -0.25) is 9.80 Å². The van der Waals surface area contributed by atoms with Crippen molar-refractivity contribution in [2.45, 2.75) is 32.4 Å². The summed E-state index contributed by atoms with van der Waals surface area (Å²) in [6, 6.07) is 6.86. The van der Waals surface area contributed by atoms with E-state index in [9.17, 15) is 0 Å². The quantitative estimate of drug-likeness (QED) is 0.797. The predicted molar refractivity (Wildman–Crippen MR) is 105 cm³/mol. The van der Waals surface area contributed by atoms with E-state index in [2.05, 4.69) is 34.7 Å². The highest BCUT2D eigenvalue weighted by molar-refractivity contribution is 6.32. The minimum absolute atomic E-state index is 0.707. The van der Waals surface area contributed by atoms with Gasteiger partial charge < -0.3 is 9.64 Å². The molecule has 2 fully saturated rings. The highest BCUT2D eigenvalue weighted by Crippen LogP contribution is 2.28. The Morgan fingerprint density at radius 3 is 2.40 bits per heavy atom. The largest absolute Gasteiger partial charge is 0.495 e. The molecule has 1 aromatic carbocycles. The molecule has 2 heterocycles. The zero-order valence-electron chi connectivity index (χ0n) is 15.9. The van der Waals surface area contributed by atoms with E-state index in [1.165, 1.54) is 57.7 Å². The summed E-state index contributed by atoms with van der Waals surface area (Å²) >= 11 is 6.26. The molecule has 0 aromatic heterocycles. The number of benzene rings is 1. The van der Waals surface area contributed by atoms with Gasteiger partial charge in [-0.05, 0) is 63.5 Å². The monoisotopic (exact) mass is 365 g/mol. The van der Waals surface area contributed by atoms with Crippen LogP contribution < -0.4 is 4.74 Å². The molecule has 4 nitrogen and oxygen atoms in total. The molecule has 1 unspecified atom stereocenters.